The van der Waals surface area contributed by atoms with Crippen LogP contribution in [0, 0.1) is 0 Å². The van der Waals surface area contributed by atoms with E-state index in [0.717, 1.165) is 17.0 Å². The predicted molar refractivity (Wildman–Crippen MR) is 90.4 cm³/mol. The molecule has 2 aromatic rings. The van der Waals surface area contributed by atoms with E-state index < -0.39 is 5.97 Å². The van der Waals surface area contributed by atoms with Gasteiger partial charge in [-0.05, 0) is 48.0 Å². The first-order valence-corrected chi connectivity index (χ1v) is 7.55. The van der Waals surface area contributed by atoms with Crippen LogP contribution in [0.25, 0.3) is 0 Å². The summed E-state index contributed by atoms with van der Waals surface area (Å²) in [7, 11) is 1.61. The molecule has 5 nitrogen and oxygen atoms in total. The summed E-state index contributed by atoms with van der Waals surface area (Å²) in [4.78, 5) is 24.9. The second kappa shape index (κ2) is 6.58. The first-order valence-electron chi connectivity index (χ1n) is 7.55. The van der Waals surface area contributed by atoms with E-state index in [9.17, 15) is 9.59 Å². The molecule has 0 saturated heterocycles. The van der Waals surface area contributed by atoms with Gasteiger partial charge in [0.1, 0.15) is 5.75 Å². The van der Waals surface area contributed by atoms with Gasteiger partial charge in [-0.3, -0.25) is 4.79 Å². The normalized spacial score (nSPS) is 17.0. The maximum atomic E-state index is 11.9. The number of benzene rings is 2. The van der Waals surface area contributed by atoms with E-state index in [4.69, 9.17) is 9.84 Å². The van der Waals surface area contributed by atoms with Gasteiger partial charge in [-0.1, -0.05) is 12.1 Å². The van der Waals surface area contributed by atoms with Crippen LogP contribution >= 0.6 is 0 Å². The largest absolute Gasteiger partial charge is 0.497 e. The van der Waals surface area contributed by atoms with Crippen LogP contribution in [0.4, 0.5) is 5.69 Å². The van der Waals surface area contributed by atoms with Gasteiger partial charge in [-0.2, -0.15) is 0 Å². The first-order chi connectivity index (χ1) is 11.6. The van der Waals surface area contributed by atoms with E-state index in [1.165, 1.54) is 0 Å². The van der Waals surface area contributed by atoms with Crippen LogP contribution in [0.5, 0.6) is 5.75 Å². The van der Waals surface area contributed by atoms with Gasteiger partial charge in [0.15, 0.2) is 5.78 Å². The lowest BCUT2D eigenvalue weighted by molar-refractivity contribution is -0.115. The number of methoxy groups -OCH3 is 1. The van der Waals surface area contributed by atoms with Crippen molar-refractivity contribution in [2.75, 3.05) is 12.0 Å². The Bertz CT molecular complexity index is 778. The van der Waals surface area contributed by atoms with Crippen LogP contribution in [-0.4, -0.2) is 24.0 Å². The molecular weight excluding hydrogens is 306 g/mol. The summed E-state index contributed by atoms with van der Waals surface area (Å²) in [6, 6.07) is 14.1. The Hall–Kier alpha value is -3.08. The molecule has 1 unspecified atom stereocenters. The number of ether oxygens (including phenoxy) is 1. The third kappa shape index (κ3) is 3.15. The van der Waals surface area contributed by atoms with Crippen molar-refractivity contribution >= 4 is 17.4 Å². The molecule has 0 aliphatic carbocycles. The fraction of sp³-hybridized carbons (Fsp3) is 0.158. The van der Waals surface area contributed by atoms with Crippen LogP contribution in [0.3, 0.4) is 0 Å². The average Bonchev–Trinajstić information content (AvgIpc) is 2.62. The number of carbonyl (C=O) groups is 2. The lowest BCUT2D eigenvalue weighted by Gasteiger charge is -2.33. The van der Waals surface area contributed by atoms with Crippen molar-refractivity contribution in [2.45, 2.75) is 12.5 Å². The maximum Gasteiger partial charge on any atom is 0.335 e. The molecule has 5 heteroatoms. The van der Waals surface area contributed by atoms with E-state index in [-0.39, 0.29) is 17.4 Å². The van der Waals surface area contributed by atoms with Crippen molar-refractivity contribution < 1.29 is 19.4 Å². The lowest BCUT2D eigenvalue weighted by atomic mass is 9.96. The van der Waals surface area contributed by atoms with E-state index in [0.29, 0.717) is 6.42 Å². The summed E-state index contributed by atoms with van der Waals surface area (Å²) >= 11 is 0. The Labute approximate surface area is 139 Å². The van der Waals surface area contributed by atoms with Crippen LogP contribution in [0.1, 0.15) is 28.4 Å². The van der Waals surface area contributed by atoms with Crippen molar-refractivity contribution in [2.24, 2.45) is 0 Å². The summed E-state index contributed by atoms with van der Waals surface area (Å²) in [5.74, 6) is -0.154. The third-order valence-electron chi connectivity index (χ3n) is 4.06. The van der Waals surface area contributed by atoms with E-state index in [1.807, 2.05) is 29.2 Å². The fourth-order valence-corrected chi connectivity index (χ4v) is 2.77. The molecule has 0 radical (unpaired) electrons. The topological polar surface area (TPSA) is 66.8 Å². The highest BCUT2D eigenvalue weighted by Gasteiger charge is 2.25. The van der Waals surface area contributed by atoms with Gasteiger partial charge in [0, 0.05) is 18.3 Å². The van der Waals surface area contributed by atoms with Gasteiger partial charge in [0.2, 0.25) is 0 Å². The van der Waals surface area contributed by atoms with E-state index in [1.54, 1.807) is 43.7 Å². The minimum atomic E-state index is -0.965. The van der Waals surface area contributed by atoms with Crippen molar-refractivity contribution in [3.8, 4) is 5.75 Å². The Balaban J connectivity index is 1.94. The molecule has 1 aliphatic rings. The van der Waals surface area contributed by atoms with Gasteiger partial charge >= 0.3 is 5.97 Å². The molecule has 0 spiro atoms. The maximum absolute atomic E-state index is 11.9. The number of nitrogens with zero attached hydrogens (tertiary/aromatic N) is 1. The lowest BCUT2D eigenvalue weighted by Crippen LogP contribution is -2.29. The summed E-state index contributed by atoms with van der Waals surface area (Å²) in [6.07, 6.45) is 3.67. The molecule has 1 atom stereocenters. The molecule has 2 aromatic carbocycles. The number of hydrogen-bond donors (Lipinski definition) is 1. The summed E-state index contributed by atoms with van der Waals surface area (Å²) < 4.78 is 5.17. The molecule has 0 amide bonds. The van der Waals surface area contributed by atoms with Crippen molar-refractivity contribution in [1.29, 1.82) is 0 Å². The number of carboxylic acid groups (broad SMARTS) is 1. The number of rotatable bonds is 4. The van der Waals surface area contributed by atoms with Crippen molar-refractivity contribution in [3.05, 3.63) is 71.9 Å². The molecule has 1 aliphatic heterocycles. The Morgan fingerprint density at radius 1 is 1.12 bits per heavy atom. The fourth-order valence-electron chi connectivity index (χ4n) is 2.77. The molecule has 24 heavy (non-hydrogen) atoms. The third-order valence-corrected chi connectivity index (χ3v) is 4.06. The smallest absolute Gasteiger partial charge is 0.335 e. The highest BCUT2D eigenvalue weighted by atomic mass is 16.5. The zero-order valence-corrected chi connectivity index (χ0v) is 13.2. The highest BCUT2D eigenvalue weighted by Crippen LogP contribution is 2.34. The SMILES string of the molecule is COc1ccc(N2C=CC(=O)CC2c2ccc(C(=O)O)cc2)cc1. The van der Waals surface area contributed by atoms with Gasteiger partial charge in [-0.15, -0.1) is 0 Å². The molecular formula is C19H17NO4. The van der Waals surface area contributed by atoms with Gasteiger partial charge in [0.25, 0.3) is 0 Å². The minimum absolute atomic E-state index is 0.0482. The number of anilines is 1. The molecule has 0 saturated carbocycles. The van der Waals surface area contributed by atoms with Gasteiger partial charge < -0.3 is 14.7 Å². The second-order valence-corrected chi connectivity index (χ2v) is 5.53. The summed E-state index contributed by atoms with van der Waals surface area (Å²) in [5.41, 5.74) is 2.06. The Morgan fingerprint density at radius 3 is 2.38 bits per heavy atom. The van der Waals surface area contributed by atoms with Gasteiger partial charge in [-0.25, -0.2) is 4.79 Å². The molecule has 1 N–H and O–H groups in total. The highest BCUT2D eigenvalue weighted by molar-refractivity contribution is 5.92. The number of allylic oxidation sites excluding steroid dienone is 1. The summed E-state index contributed by atoms with van der Waals surface area (Å²) in [6.45, 7) is 0. The monoisotopic (exact) mass is 323 g/mol. The minimum Gasteiger partial charge on any atom is -0.497 e. The molecule has 0 fully saturated rings. The Kier molecular flexibility index (Phi) is 4.33. The van der Waals surface area contributed by atoms with E-state index in [2.05, 4.69) is 0 Å². The number of aromatic carboxylic acids is 1. The zero-order valence-electron chi connectivity index (χ0n) is 13.2. The van der Waals surface area contributed by atoms with Crippen LogP contribution in [0.15, 0.2) is 60.8 Å². The average molecular weight is 323 g/mol. The molecule has 0 aromatic heterocycles. The predicted octanol–water partition coefficient (Wildman–Crippen LogP) is 3.43. The van der Waals surface area contributed by atoms with Crippen molar-refractivity contribution in [1.82, 2.24) is 0 Å². The quantitative estimate of drug-likeness (QED) is 0.934. The van der Waals surface area contributed by atoms with Crippen LogP contribution in [-0.2, 0) is 4.79 Å². The first kappa shape index (κ1) is 15.8. The number of carbonyl (C=O) groups excluding carboxylic acids is 1. The van der Waals surface area contributed by atoms with Crippen LogP contribution < -0.4 is 9.64 Å². The second-order valence-electron chi connectivity index (χ2n) is 5.53. The van der Waals surface area contributed by atoms with Gasteiger partial charge in [0.05, 0.1) is 18.7 Å². The molecule has 122 valence electrons. The van der Waals surface area contributed by atoms with E-state index >= 15 is 0 Å². The zero-order chi connectivity index (χ0) is 17.1. The Morgan fingerprint density at radius 2 is 1.79 bits per heavy atom. The number of hydrogen-bond acceptors (Lipinski definition) is 4. The molecule has 0 bridgehead atoms. The summed E-state index contributed by atoms with van der Waals surface area (Å²) in [5, 5.41) is 9.02. The van der Waals surface area contributed by atoms with Crippen molar-refractivity contribution in [3.63, 3.8) is 0 Å². The molecule has 3 rings (SSSR count). The number of carboxylic acids is 1. The van der Waals surface area contributed by atoms with Crippen LogP contribution in [0.2, 0.25) is 0 Å². The molecule has 1 heterocycles. The number of ketones is 1. The standard InChI is InChI=1S/C19H17NO4/c1-24-17-8-6-15(7-9-17)20-11-10-16(21)12-18(20)13-2-4-14(5-3-13)19(22)23/h2-11,18H,12H2,1H3,(H,22,23).